The zero-order chi connectivity index (χ0) is 22.8. The molecule has 0 aliphatic heterocycles. The highest BCUT2D eigenvalue weighted by atomic mass is 79.9. The second kappa shape index (κ2) is 14.8. The Morgan fingerprint density at radius 3 is 1.87 bits per heavy atom. The minimum atomic E-state index is -0.374. The first-order valence-electron chi connectivity index (χ1n) is 9.60. The molecule has 0 aliphatic carbocycles. The van der Waals surface area contributed by atoms with Crippen LogP contribution in [0.3, 0.4) is 0 Å². The maximum absolute atomic E-state index is 11.3. The van der Waals surface area contributed by atoms with Crippen LogP contribution in [0.1, 0.15) is 32.8 Å². The maximum Gasteiger partial charge on any atom is 0.336 e. The van der Waals surface area contributed by atoms with Crippen LogP contribution < -0.4 is 5.63 Å². The molecular weight excluding hydrogens is 731 g/mol. The summed E-state index contributed by atoms with van der Waals surface area (Å²) in [5.41, 5.74) is 1.65. The van der Waals surface area contributed by atoms with Gasteiger partial charge in [-0.05, 0) is 85.7 Å². The smallest absolute Gasteiger partial charge is 0.336 e. The molecule has 3 aromatic rings. The van der Waals surface area contributed by atoms with Crippen molar-refractivity contribution < 1.29 is 8.83 Å². The van der Waals surface area contributed by atoms with E-state index in [1.54, 1.807) is 6.07 Å². The minimum absolute atomic E-state index is 0.374. The van der Waals surface area contributed by atoms with Crippen molar-refractivity contribution in [2.45, 2.75) is 34.1 Å². The Bertz CT molecular complexity index is 988. The van der Waals surface area contributed by atoms with E-state index in [1.807, 2.05) is 6.92 Å². The van der Waals surface area contributed by atoms with Crippen LogP contribution in [0.25, 0.3) is 21.9 Å². The van der Waals surface area contributed by atoms with E-state index in [4.69, 9.17) is 8.83 Å². The van der Waals surface area contributed by atoms with Crippen LogP contribution in [0.4, 0.5) is 0 Å². The Labute approximate surface area is 221 Å². The van der Waals surface area contributed by atoms with E-state index in [1.165, 1.54) is 31.0 Å². The normalized spacial score (nSPS) is 10.7. The first-order valence-corrected chi connectivity index (χ1v) is 16.1. The van der Waals surface area contributed by atoms with Crippen molar-refractivity contribution in [3.63, 3.8) is 0 Å². The van der Waals surface area contributed by atoms with Crippen LogP contribution in [0.15, 0.2) is 39.4 Å². The summed E-state index contributed by atoms with van der Waals surface area (Å²) >= 11 is 16.9. The third-order valence-corrected chi connectivity index (χ3v) is 10.9. The van der Waals surface area contributed by atoms with Gasteiger partial charge in [0, 0.05) is 32.1 Å². The molecule has 30 heavy (non-hydrogen) atoms. The summed E-state index contributed by atoms with van der Waals surface area (Å²) in [5.74, 6) is 0. The molecule has 0 aliphatic rings. The first-order chi connectivity index (χ1) is 14.3. The van der Waals surface area contributed by atoms with Crippen LogP contribution >= 0.6 is 87.6 Å². The van der Waals surface area contributed by atoms with Crippen LogP contribution in [0.2, 0.25) is 0 Å². The number of furan rings is 1. The molecular formula is C21H26Br5O3P. The first kappa shape index (κ1) is 28.8. The average molecular weight is 757 g/mol. The summed E-state index contributed by atoms with van der Waals surface area (Å²) in [6, 6.07) is 3.15. The second-order valence-electron chi connectivity index (χ2n) is 6.18. The van der Waals surface area contributed by atoms with Crippen LogP contribution in [0.5, 0.6) is 0 Å². The molecule has 168 valence electrons. The molecule has 3 rings (SSSR count). The molecule has 2 heterocycles. The Kier molecular flexibility index (Phi) is 14.3. The zero-order valence-corrected chi connectivity index (χ0v) is 26.3. The molecule has 9 heteroatoms. The van der Waals surface area contributed by atoms with Gasteiger partial charge in [0.15, 0.2) is 4.67 Å². The van der Waals surface area contributed by atoms with Gasteiger partial charge in [0.25, 0.3) is 0 Å². The summed E-state index contributed by atoms with van der Waals surface area (Å²) in [5, 5.41) is 3.98. The van der Waals surface area contributed by atoms with Crippen LogP contribution in [-0.2, 0) is 0 Å². The number of rotatable bonds is 5. The zero-order valence-electron chi connectivity index (χ0n) is 17.5. The predicted molar refractivity (Wildman–Crippen MR) is 151 cm³/mol. The highest BCUT2D eigenvalue weighted by Crippen LogP contribution is 2.44. The molecule has 0 fully saturated rings. The Morgan fingerprint density at radius 2 is 1.43 bits per heavy atom. The molecule has 0 N–H and O–H groups in total. The van der Waals surface area contributed by atoms with E-state index < -0.39 is 0 Å². The summed E-state index contributed by atoms with van der Waals surface area (Å²) in [7, 11) is 0.446. The third kappa shape index (κ3) is 7.69. The van der Waals surface area contributed by atoms with Gasteiger partial charge in [-0.2, -0.15) is 0 Å². The Morgan fingerprint density at radius 1 is 0.867 bits per heavy atom. The Balaban J connectivity index is 0.000000313. The summed E-state index contributed by atoms with van der Waals surface area (Å²) in [6.45, 7) is 8.73. The number of hydrogen-bond acceptors (Lipinski definition) is 3. The second-order valence-corrected chi connectivity index (χ2v) is 13.3. The topological polar surface area (TPSA) is 43.4 Å². The van der Waals surface area contributed by atoms with Crippen molar-refractivity contribution in [3.8, 4) is 0 Å². The lowest BCUT2D eigenvalue weighted by atomic mass is 10.1. The standard InChI is InChI=1S/C12H5Br3O3.C6H15P.C3H6Br2/c1-4-10-5(2-3-6(16)17-10)8(13)7-9(14)12(15)18-11(4)7;1-4-7(5-2)6-3;4-2-1-3-5/h2-3H,1H3;4-6H2,1-3H3;1-3H2. The fourth-order valence-corrected chi connectivity index (χ4v) is 7.10. The maximum atomic E-state index is 11.3. The summed E-state index contributed by atoms with van der Waals surface area (Å²) in [6.07, 6.45) is 5.48. The predicted octanol–water partition coefficient (Wildman–Crippen LogP) is 9.83. The highest BCUT2D eigenvalue weighted by Gasteiger charge is 2.20. The molecule has 0 saturated carbocycles. The molecule has 0 spiro atoms. The fraction of sp³-hybridized carbons (Fsp3) is 0.476. The molecule has 1 aromatic carbocycles. The van der Waals surface area contributed by atoms with Crippen molar-refractivity contribution in [2.75, 3.05) is 29.1 Å². The minimum Gasteiger partial charge on any atom is -0.448 e. The van der Waals surface area contributed by atoms with E-state index in [-0.39, 0.29) is 5.63 Å². The van der Waals surface area contributed by atoms with Gasteiger partial charge in [0.2, 0.25) is 0 Å². The molecule has 3 nitrogen and oxygen atoms in total. The van der Waals surface area contributed by atoms with Gasteiger partial charge >= 0.3 is 5.63 Å². The van der Waals surface area contributed by atoms with Crippen LogP contribution in [0, 0.1) is 6.92 Å². The van der Waals surface area contributed by atoms with Gasteiger partial charge in [-0.1, -0.05) is 52.6 Å². The largest absolute Gasteiger partial charge is 0.448 e. The van der Waals surface area contributed by atoms with Crippen molar-refractivity contribution in [3.05, 3.63) is 41.7 Å². The number of halogens is 5. The molecule has 0 saturated heterocycles. The highest BCUT2D eigenvalue weighted by molar-refractivity contribution is 9.13. The van der Waals surface area contributed by atoms with E-state index in [0.29, 0.717) is 23.8 Å². The quantitative estimate of drug-likeness (QED) is 0.148. The van der Waals surface area contributed by atoms with Crippen molar-refractivity contribution in [2.24, 2.45) is 0 Å². The third-order valence-electron chi connectivity index (χ3n) is 4.39. The van der Waals surface area contributed by atoms with Gasteiger partial charge < -0.3 is 8.83 Å². The number of hydrogen-bond donors (Lipinski definition) is 0. The SMILES string of the molecule is BrCCCBr.CCP(CC)CC.Cc1c2oc(=O)ccc2c(Br)c2c(Br)c(Br)oc12. The fourth-order valence-electron chi connectivity index (χ4n) is 2.67. The van der Waals surface area contributed by atoms with Crippen molar-refractivity contribution in [1.82, 2.24) is 0 Å². The van der Waals surface area contributed by atoms with Gasteiger partial charge in [-0.3, -0.25) is 0 Å². The summed E-state index contributed by atoms with van der Waals surface area (Å²) in [4.78, 5) is 11.3. The van der Waals surface area contributed by atoms with Gasteiger partial charge in [-0.25, -0.2) is 4.79 Å². The van der Waals surface area contributed by atoms with Crippen LogP contribution in [-0.4, -0.2) is 29.1 Å². The molecule has 0 unspecified atom stereocenters. The van der Waals surface area contributed by atoms with Crippen molar-refractivity contribution >= 4 is 110 Å². The average Bonchev–Trinajstić information content (AvgIpc) is 3.04. The number of alkyl halides is 2. The van der Waals surface area contributed by atoms with E-state index in [2.05, 4.69) is 100 Å². The van der Waals surface area contributed by atoms with Gasteiger partial charge in [0.1, 0.15) is 11.2 Å². The van der Waals surface area contributed by atoms with E-state index >= 15 is 0 Å². The van der Waals surface area contributed by atoms with Crippen molar-refractivity contribution in [1.29, 1.82) is 0 Å². The molecule has 0 radical (unpaired) electrons. The van der Waals surface area contributed by atoms with Gasteiger partial charge in [0.05, 0.1) is 9.86 Å². The number of fused-ring (bicyclic) bond motifs is 2. The lowest BCUT2D eigenvalue weighted by Crippen LogP contribution is -1.96. The Hall–Kier alpha value is 0.800. The van der Waals surface area contributed by atoms with E-state index in [9.17, 15) is 4.79 Å². The monoisotopic (exact) mass is 752 g/mol. The lowest BCUT2D eigenvalue weighted by Gasteiger charge is -2.07. The summed E-state index contributed by atoms with van der Waals surface area (Å²) < 4.78 is 13.2. The van der Waals surface area contributed by atoms with Gasteiger partial charge in [-0.15, -0.1) is 7.92 Å². The molecule has 2 aromatic heterocycles. The molecule has 0 atom stereocenters. The number of benzene rings is 1. The molecule has 0 amide bonds. The van der Waals surface area contributed by atoms with E-state index in [0.717, 1.165) is 35.9 Å². The number of aryl methyl sites for hydroxylation is 1. The lowest BCUT2D eigenvalue weighted by molar-refractivity contribution is 0.553. The molecule has 0 bridgehead atoms.